The molecule has 0 amide bonds. The molecule has 7 heteroatoms. The molecule has 1 heterocycles. The molecule has 1 atom stereocenters. The van der Waals surface area contributed by atoms with Crippen LogP contribution in [0.3, 0.4) is 0 Å². The summed E-state index contributed by atoms with van der Waals surface area (Å²) in [5.74, 6) is 3.56. The second-order valence-electron chi connectivity index (χ2n) is 6.98. The van der Waals surface area contributed by atoms with Gasteiger partial charge >= 0.3 is 5.97 Å². The van der Waals surface area contributed by atoms with Gasteiger partial charge in [0.1, 0.15) is 6.61 Å². The van der Waals surface area contributed by atoms with Crippen molar-refractivity contribution in [2.75, 3.05) is 13.2 Å². The van der Waals surface area contributed by atoms with E-state index in [1.165, 1.54) is 4.57 Å². The minimum atomic E-state index is -1.02. The molecular weight excluding hydrogens is 482 g/mol. The minimum absolute atomic E-state index is 0.202. The molecule has 0 aliphatic heterocycles. The molecule has 1 aromatic heterocycles. The lowest BCUT2D eigenvalue weighted by Crippen LogP contribution is -2.27. The fourth-order valence-corrected chi connectivity index (χ4v) is 4.09. The highest BCUT2D eigenvalue weighted by Crippen LogP contribution is 2.37. The molecule has 31 heavy (non-hydrogen) atoms. The fraction of sp³-hybridized carbons (Fsp3) is 0.250. The number of pyridine rings is 1. The van der Waals surface area contributed by atoms with Crippen LogP contribution in [-0.2, 0) is 16.6 Å². The Morgan fingerprint density at radius 3 is 2.58 bits per heavy atom. The summed E-state index contributed by atoms with van der Waals surface area (Å²) in [6.45, 7) is 2.15. The van der Waals surface area contributed by atoms with Gasteiger partial charge in [-0.25, -0.2) is 0 Å². The molecule has 1 unspecified atom stereocenters. The third kappa shape index (κ3) is 5.01. The molecule has 3 rings (SSSR count). The van der Waals surface area contributed by atoms with Gasteiger partial charge < -0.3 is 14.4 Å². The van der Waals surface area contributed by atoms with Crippen LogP contribution >= 0.6 is 27.5 Å². The van der Waals surface area contributed by atoms with Crippen LogP contribution < -0.4 is 5.56 Å². The van der Waals surface area contributed by atoms with Gasteiger partial charge in [-0.2, -0.15) is 0 Å². The van der Waals surface area contributed by atoms with E-state index >= 15 is 0 Å². The summed E-state index contributed by atoms with van der Waals surface area (Å²) >= 11 is 9.55. The van der Waals surface area contributed by atoms with E-state index in [9.17, 15) is 14.7 Å². The maximum atomic E-state index is 13.1. The van der Waals surface area contributed by atoms with Gasteiger partial charge in [0, 0.05) is 39.8 Å². The molecule has 0 saturated heterocycles. The third-order valence-corrected chi connectivity index (χ3v) is 5.81. The molecule has 1 N–H and O–H groups in total. The van der Waals surface area contributed by atoms with Crippen LogP contribution in [0, 0.1) is 11.8 Å². The molecule has 5 nitrogen and oxygen atoms in total. The standard InChI is InChI=1S/C24H21BrClNO4/c1-3-4-12-31-13-11-19(24(29)30)22-21(15-5-8-17(26)9-6-15)20-14-16(25)7-10-18(20)23(28)27(22)2/h5-10,14,19H,11-13H2,1-2H3,(H,29,30). The number of halogens is 2. The average Bonchev–Trinajstić information content (AvgIpc) is 2.74. The molecule has 0 aliphatic carbocycles. The molecule has 0 radical (unpaired) electrons. The van der Waals surface area contributed by atoms with Crippen LogP contribution in [0.1, 0.15) is 25.0 Å². The van der Waals surface area contributed by atoms with Crippen molar-refractivity contribution in [3.05, 3.63) is 68.0 Å². The first-order chi connectivity index (χ1) is 14.8. The maximum Gasteiger partial charge on any atom is 0.312 e. The Hall–Kier alpha value is -2.59. The molecule has 160 valence electrons. The van der Waals surface area contributed by atoms with Gasteiger partial charge in [-0.3, -0.25) is 9.59 Å². The normalized spacial score (nSPS) is 11.7. The third-order valence-electron chi connectivity index (χ3n) is 5.07. The quantitative estimate of drug-likeness (QED) is 0.355. The highest BCUT2D eigenvalue weighted by molar-refractivity contribution is 9.10. The summed E-state index contributed by atoms with van der Waals surface area (Å²) in [5, 5.41) is 11.8. The second kappa shape index (κ2) is 10.1. The van der Waals surface area contributed by atoms with E-state index in [4.69, 9.17) is 16.3 Å². The Balaban J connectivity index is 2.27. The molecule has 3 aromatic rings. The number of carbonyl (C=O) groups is 1. The predicted octanol–water partition coefficient (Wildman–Crippen LogP) is 5.22. The highest BCUT2D eigenvalue weighted by Gasteiger charge is 2.28. The summed E-state index contributed by atoms with van der Waals surface area (Å²) < 4.78 is 7.69. The number of hydrogen-bond donors (Lipinski definition) is 1. The number of rotatable bonds is 7. The second-order valence-corrected chi connectivity index (χ2v) is 8.33. The monoisotopic (exact) mass is 501 g/mol. The number of ether oxygens (including phenoxy) is 1. The zero-order valence-electron chi connectivity index (χ0n) is 17.1. The Bertz CT molecular complexity index is 1240. The van der Waals surface area contributed by atoms with Crippen LogP contribution in [0.5, 0.6) is 0 Å². The van der Waals surface area contributed by atoms with Crippen molar-refractivity contribution in [2.24, 2.45) is 7.05 Å². The van der Waals surface area contributed by atoms with Gasteiger partial charge in [0.25, 0.3) is 5.56 Å². The lowest BCUT2D eigenvalue weighted by atomic mass is 9.89. The SMILES string of the molecule is CC#CCOCCC(C(=O)O)c1c(-c2ccc(Cl)cc2)c2cc(Br)ccc2c(=O)n1C. The zero-order valence-corrected chi connectivity index (χ0v) is 19.5. The Kier molecular flexibility index (Phi) is 7.55. The number of nitrogens with zero attached hydrogens (tertiary/aromatic N) is 1. The molecule has 0 spiro atoms. The first-order valence-electron chi connectivity index (χ1n) is 9.63. The van der Waals surface area contributed by atoms with Crippen LogP contribution in [-0.4, -0.2) is 28.9 Å². The van der Waals surface area contributed by atoms with Gasteiger partial charge in [-0.15, -0.1) is 5.92 Å². The van der Waals surface area contributed by atoms with Crippen molar-refractivity contribution in [3.8, 4) is 23.0 Å². The van der Waals surface area contributed by atoms with Crippen molar-refractivity contribution in [3.63, 3.8) is 0 Å². The molecule has 2 aromatic carbocycles. The average molecular weight is 503 g/mol. The summed E-state index contributed by atoms with van der Waals surface area (Å²) in [4.78, 5) is 25.4. The number of benzene rings is 2. The van der Waals surface area contributed by atoms with Crippen LogP contribution in [0.2, 0.25) is 5.02 Å². The van der Waals surface area contributed by atoms with Gasteiger partial charge in [0.15, 0.2) is 0 Å². The van der Waals surface area contributed by atoms with E-state index in [0.29, 0.717) is 27.1 Å². The maximum absolute atomic E-state index is 13.1. The van der Waals surface area contributed by atoms with Crippen molar-refractivity contribution in [1.82, 2.24) is 4.57 Å². The summed E-state index contributed by atoms with van der Waals surface area (Å²) in [6.07, 6.45) is 0.202. The Labute approximate surface area is 193 Å². The number of aromatic nitrogens is 1. The zero-order chi connectivity index (χ0) is 22.5. The lowest BCUT2D eigenvalue weighted by molar-refractivity contribution is -0.139. The van der Waals surface area contributed by atoms with Crippen LogP contribution in [0.15, 0.2) is 51.7 Å². The van der Waals surface area contributed by atoms with Crippen LogP contribution in [0.25, 0.3) is 21.9 Å². The first-order valence-corrected chi connectivity index (χ1v) is 10.8. The Morgan fingerprint density at radius 1 is 1.23 bits per heavy atom. The summed E-state index contributed by atoms with van der Waals surface area (Å²) in [7, 11) is 1.61. The molecular formula is C24H21BrClNO4. The van der Waals surface area contributed by atoms with Gasteiger partial charge in [-0.05, 0) is 54.6 Å². The largest absolute Gasteiger partial charge is 0.481 e. The van der Waals surface area contributed by atoms with Crippen molar-refractivity contribution in [1.29, 1.82) is 0 Å². The number of carboxylic acids is 1. The van der Waals surface area contributed by atoms with Crippen LogP contribution in [0.4, 0.5) is 0 Å². The topological polar surface area (TPSA) is 68.5 Å². The summed E-state index contributed by atoms with van der Waals surface area (Å²) in [5.41, 5.74) is 1.65. The van der Waals surface area contributed by atoms with Gasteiger partial charge in [0.2, 0.25) is 0 Å². The smallest absolute Gasteiger partial charge is 0.312 e. The van der Waals surface area contributed by atoms with Gasteiger partial charge in [0.05, 0.1) is 5.92 Å². The van der Waals surface area contributed by atoms with E-state index in [2.05, 4.69) is 27.8 Å². The van der Waals surface area contributed by atoms with Crippen molar-refractivity contribution < 1.29 is 14.6 Å². The number of fused-ring (bicyclic) bond motifs is 1. The molecule has 0 fully saturated rings. The highest BCUT2D eigenvalue weighted by atomic mass is 79.9. The van der Waals surface area contributed by atoms with Crippen molar-refractivity contribution in [2.45, 2.75) is 19.3 Å². The lowest BCUT2D eigenvalue weighted by Gasteiger charge is -2.22. The van der Waals surface area contributed by atoms with E-state index in [1.807, 2.05) is 18.2 Å². The number of aliphatic carboxylic acids is 1. The van der Waals surface area contributed by atoms with E-state index in [-0.39, 0.29) is 25.2 Å². The van der Waals surface area contributed by atoms with E-state index in [0.717, 1.165) is 10.0 Å². The Morgan fingerprint density at radius 2 is 1.94 bits per heavy atom. The van der Waals surface area contributed by atoms with E-state index < -0.39 is 11.9 Å². The van der Waals surface area contributed by atoms with E-state index in [1.54, 1.807) is 38.2 Å². The summed E-state index contributed by atoms with van der Waals surface area (Å²) in [6, 6.07) is 12.5. The van der Waals surface area contributed by atoms with Crippen molar-refractivity contribution >= 4 is 44.3 Å². The number of carboxylic acid groups (broad SMARTS) is 1. The predicted molar refractivity (Wildman–Crippen MR) is 127 cm³/mol. The number of hydrogen-bond acceptors (Lipinski definition) is 3. The fourth-order valence-electron chi connectivity index (χ4n) is 3.61. The van der Waals surface area contributed by atoms with Gasteiger partial charge in [-0.1, -0.05) is 45.6 Å². The molecule has 0 saturated carbocycles. The molecule has 0 bridgehead atoms. The first kappa shape index (κ1) is 23.1. The molecule has 0 aliphatic rings. The minimum Gasteiger partial charge on any atom is -0.481 e.